The summed E-state index contributed by atoms with van der Waals surface area (Å²) >= 11 is 0. The van der Waals surface area contributed by atoms with Gasteiger partial charge in [0.2, 0.25) is 11.8 Å². The van der Waals surface area contributed by atoms with E-state index in [2.05, 4.69) is 14.9 Å². The summed E-state index contributed by atoms with van der Waals surface area (Å²) in [7, 11) is 0. The van der Waals surface area contributed by atoms with Gasteiger partial charge in [0.15, 0.2) is 0 Å². The minimum atomic E-state index is -0.0121. The molecule has 0 bridgehead atoms. The molecule has 3 heterocycles. The van der Waals surface area contributed by atoms with Crippen LogP contribution in [0.3, 0.4) is 0 Å². The third-order valence-electron chi connectivity index (χ3n) is 5.90. The van der Waals surface area contributed by atoms with Crippen LogP contribution in [-0.2, 0) is 16.1 Å². The molecule has 0 aromatic carbocycles. The summed E-state index contributed by atoms with van der Waals surface area (Å²) in [4.78, 5) is 32.1. The number of carbonyl (C=O) groups excluding carboxylic acids is 2. The molecule has 1 aromatic rings. The van der Waals surface area contributed by atoms with Gasteiger partial charge in [-0.05, 0) is 57.8 Å². The molecule has 3 rings (SSSR count). The van der Waals surface area contributed by atoms with Gasteiger partial charge in [0.05, 0.1) is 0 Å². The summed E-state index contributed by atoms with van der Waals surface area (Å²) < 4.78 is 1.67. The lowest BCUT2D eigenvalue weighted by Gasteiger charge is -2.40. The van der Waals surface area contributed by atoms with Crippen molar-refractivity contribution in [3.8, 4) is 0 Å². The number of amides is 2. The number of nitrogens with zero attached hydrogens (tertiary/aromatic N) is 5. The van der Waals surface area contributed by atoms with E-state index in [1.165, 1.54) is 25.9 Å². The van der Waals surface area contributed by atoms with Crippen molar-refractivity contribution in [1.82, 2.24) is 24.5 Å². The Kier molecular flexibility index (Phi) is 7.48. The zero-order valence-electron chi connectivity index (χ0n) is 17.4. The largest absolute Gasteiger partial charge is 0.339 e. The molecule has 2 amide bonds. The van der Waals surface area contributed by atoms with E-state index < -0.39 is 0 Å². The first-order valence-corrected chi connectivity index (χ1v) is 10.8. The third-order valence-corrected chi connectivity index (χ3v) is 5.90. The summed E-state index contributed by atoms with van der Waals surface area (Å²) in [5.74, 6) is 0.289. The average Bonchev–Trinajstić information content (AvgIpc) is 3.39. The van der Waals surface area contributed by atoms with E-state index >= 15 is 0 Å². The minimum absolute atomic E-state index is 0.0121. The maximum absolute atomic E-state index is 12.9. The van der Waals surface area contributed by atoms with E-state index in [-0.39, 0.29) is 30.3 Å². The molecule has 28 heavy (non-hydrogen) atoms. The molecule has 156 valence electrons. The molecule has 2 aliphatic heterocycles. The van der Waals surface area contributed by atoms with E-state index in [9.17, 15) is 9.59 Å². The van der Waals surface area contributed by atoms with Gasteiger partial charge in [0.25, 0.3) is 0 Å². The van der Waals surface area contributed by atoms with Crippen molar-refractivity contribution in [2.75, 3.05) is 39.3 Å². The number of aromatic nitrogens is 2. The maximum atomic E-state index is 12.9. The predicted molar refractivity (Wildman–Crippen MR) is 109 cm³/mol. The normalized spacial score (nSPS) is 20.7. The number of hydrogen-bond acceptors (Lipinski definition) is 4. The Hall–Kier alpha value is -1.89. The summed E-state index contributed by atoms with van der Waals surface area (Å²) in [6.45, 7) is 9.87. The molecule has 0 radical (unpaired) electrons. The van der Waals surface area contributed by atoms with Crippen LogP contribution in [0.15, 0.2) is 18.5 Å². The second kappa shape index (κ2) is 10.0. The molecular weight excluding hydrogens is 354 g/mol. The van der Waals surface area contributed by atoms with Crippen molar-refractivity contribution < 1.29 is 9.59 Å². The molecular formula is C21H35N5O2. The summed E-state index contributed by atoms with van der Waals surface area (Å²) in [6.07, 6.45) is 9.03. The van der Waals surface area contributed by atoms with E-state index in [4.69, 9.17) is 0 Å². The molecule has 0 saturated carbocycles. The number of likely N-dealkylation sites (tertiary alicyclic amines) is 2. The van der Waals surface area contributed by atoms with Gasteiger partial charge in [-0.1, -0.05) is 13.8 Å². The van der Waals surface area contributed by atoms with Gasteiger partial charge in [-0.2, -0.15) is 5.10 Å². The van der Waals surface area contributed by atoms with E-state index in [1.54, 1.807) is 10.9 Å². The van der Waals surface area contributed by atoms with Crippen molar-refractivity contribution in [2.24, 2.45) is 5.92 Å². The predicted octanol–water partition coefficient (Wildman–Crippen LogP) is 1.84. The average molecular weight is 390 g/mol. The number of carbonyl (C=O) groups is 2. The van der Waals surface area contributed by atoms with Crippen LogP contribution in [0.2, 0.25) is 0 Å². The fraction of sp³-hybridized carbons (Fsp3) is 0.762. The Labute approximate surface area is 168 Å². The van der Waals surface area contributed by atoms with Gasteiger partial charge < -0.3 is 14.7 Å². The van der Waals surface area contributed by atoms with Crippen LogP contribution in [0, 0.1) is 5.92 Å². The number of piperidine rings is 1. The maximum Gasteiger partial charge on any atom is 0.244 e. The van der Waals surface area contributed by atoms with Crippen LogP contribution >= 0.6 is 0 Å². The van der Waals surface area contributed by atoms with E-state index in [0.29, 0.717) is 6.54 Å². The molecule has 2 fully saturated rings. The second-order valence-electron chi connectivity index (χ2n) is 8.43. The van der Waals surface area contributed by atoms with Crippen LogP contribution in [0.1, 0.15) is 46.0 Å². The first-order valence-electron chi connectivity index (χ1n) is 10.8. The Morgan fingerprint density at radius 2 is 1.96 bits per heavy atom. The lowest BCUT2D eigenvalue weighted by Crippen LogP contribution is -2.53. The third kappa shape index (κ3) is 5.56. The van der Waals surface area contributed by atoms with Gasteiger partial charge >= 0.3 is 0 Å². The van der Waals surface area contributed by atoms with E-state index in [1.807, 2.05) is 31.0 Å². The molecule has 2 aliphatic rings. The standard InChI is InChI=1S/C21H35N5O2/c1-18(2)21(28)26(15-7-12-23-10-3-4-11-23)19-8-5-13-24(16-19)20(27)17-25-14-6-9-22-25/h6,9,14,18-19H,3-5,7-8,10-13,15-17H2,1-2H3. The van der Waals surface area contributed by atoms with Crippen LogP contribution in [-0.4, -0.2) is 81.6 Å². The van der Waals surface area contributed by atoms with Crippen LogP contribution < -0.4 is 0 Å². The first-order chi connectivity index (χ1) is 13.5. The Balaban J connectivity index is 1.57. The zero-order chi connectivity index (χ0) is 19.9. The topological polar surface area (TPSA) is 61.7 Å². The number of hydrogen-bond donors (Lipinski definition) is 0. The Morgan fingerprint density at radius 1 is 1.18 bits per heavy atom. The molecule has 0 aliphatic carbocycles. The SMILES string of the molecule is CC(C)C(=O)N(CCCN1CCCC1)C1CCCN(C(=O)Cn2cccn2)C1. The second-order valence-corrected chi connectivity index (χ2v) is 8.43. The highest BCUT2D eigenvalue weighted by Gasteiger charge is 2.31. The van der Waals surface area contributed by atoms with Crippen molar-refractivity contribution in [3.05, 3.63) is 18.5 Å². The highest BCUT2D eigenvalue weighted by atomic mass is 16.2. The van der Waals surface area contributed by atoms with Gasteiger partial charge in [-0.3, -0.25) is 14.3 Å². The molecule has 2 saturated heterocycles. The fourth-order valence-corrected chi connectivity index (χ4v) is 4.34. The van der Waals surface area contributed by atoms with Gasteiger partial charge in [0.1, 0.15) is 6.54 Å². The lowest BCUT2D eigenvalue weighted by atomic mass is 10.0. The highest BCUT2D eigenvalue weighted by molar-refractivity contribution is 5.79. The van der Waals surface area contributed by atoms with Crippen LogP contribution in [0.5, 0.6) is 0 Å². The summed E-state index contributed by atoms with van der Waals surface area (Å²) in [6, 6.07) is 1.96. The summed E-state index contributed by atoms with van der Waals surface area (Å²) in [5.41, 5.74) is 0. The monoisotopic (exact) mass is 389 g/mol. The molecule has 1 unspecified atom stereocenters. The highest BCUT2D eigenvalue weighted by Crippen LogP contribution is 2.19. The smallest absolute Gasteiger partial charge is 0.244 e. The number of rotatable bonds is 8. The van der Waals surface area contributed by atoms with Gasteiger partial charge in [0, 0.05) is 44.0 Å². The fourth-order valence-electron chi connectivity index (χ4n) is 4.34. The summed E-state index contributed by atoms with van der Waals surface area (Å²) in [5, 5.41) is 4.13. The van der Waals surface area contributed by atoms with Crippen molar-refractivity contribution >= 4 is 11.8 Å². The molecule has 7 nitrogen and oxygen atoms in total. The lowest BCUT2D eigenvalue weighted by molar-refractivity contribution is -0.142. The van der Waals surface area contributed by atoms with E-state index in [0.717, 1.165) is 38.9 Å². The molecule has 1 atom stereocenters. The quantitative estimate of drug-likeness (QED) is 0.681. The Morgan fingerprint density at radius 3 is 2.64 bits per heavy atom. The molecule has 0 spiro atoms. The zero-order valence-corrected chi connectivity index (χ0v) is 17.4. The molecule has 7 heteroatoms. The van der Waals surface area contributed by atoms with Gasteiger partial charge in [-0.15, -0.1) is 0 Å². The minimum Gasteiger partial charge on any atom is -0.339 e. The van der Waals surface area contributed by atoms with Crippen LogP contribution in [0.4, 0.5) is 0 Å². The van der Waals surface area contributed by atoms with Crippen LogP contribution in [0.25, 0.3) is 0 Å². The van der Waals surface area contributed by atoms with Crippen molar-refractivity contribution in [2.45, 2.75) is 58.5 Å². The first kappa shape index (κ1) is 20.8. The Bertz CT molecular complexity index is 625. The molecule has 0 N–H and O–H groups in total. The van der Waals surface area contributed by atoms with Crippen molar-refractivity contribution in [3.63, 3.8) is 0 Å². The molecule has 1 aromatic heterocycles. The van der Waals surface area contributed by atoms with Gasteiger partial charge in [-0.25, -0.2) is 0 Å². The van der Waals surface area contributed by atoms with Crippen molar-refractivity contribution in [1.29, 1.82) is 0 Å².